The normalized spacial score (nSPS) is 23.2. The van der Waals surface area contributed by atoms with Crippen LogP contribution in [-0.4, -0.2) is 56.2 Å². The highest BCUT2D eigenvalue weighted by Crippen LogP contribution is 2.41. The summed E-state index contributed by atoms with van der Waals surface area (Å²) in [6.45, 7) is 13.5. The number of rotatable bonds is 7. The molecule has 0 bridgehead atoms. The average molecular weight is 389 g/mol. The number of unbranched alkanes of at least 4 members (excludes halogenated alkanes) is 2. The summed E-state index contributed by atoms with van der Waals surface area (Å²) in [6.07, 6.45) is 5.88. The quantitative estimate of drug-likeness (QED) is 0.620. The van der Waals surface area contributed by atoms with Gasteiger partial charge in [0, 0.05) is 31.7 Å². The Labute approximate surface area is 172 Å². The van der Waals surface area contributed by atoms with Gasteiger partial charge in [-0.05, 0) is 55.0 Å². The number of nitrogens with zero attached hydrogens (tertiary/aromatic N) is 2. The Kier molecular flexibility index (Phi) is 6.93. The van der Waals surface area contributed by atoms with E-state index in [4.69, 9.17) is 9.47 Å². The van der Waals surface area contributed by atoms with Gasteiger partial charge in [0.25, 0.3) is 0 Å². The predicted octanol–water partition coefficient (Wildman–Crippen LogP) is 4.91. The minimum Gasteiger partial charge on any atom is -0.493 e. The van der Waals surface area contributed by atoms with Crippen molar-refractivity contribution < 1.29 is 9.47 Å². The standard InChI is InChI=1S/C24H40N2O2/c1-7-8-9-12-28-23-13-18-10-11-26-16-19(15-24(2,3)4)25(5)17-21(26)20(18)14-22(23)27-6/h13-14,19,21H,7-12,15-17H2,1-6H3. The highest BCUT2D eigenvalue weighted by molar-refractivity contribution is 5.49. The molecule has 2 atom stereocenters. The van der Waals surface area contributed by atoms with Gasteiger partial charge in [0.2, 0.25) is 0 Å². The lowest BCUT2D eigenvalue weighted by Gasteiger charge is -2.49. The molecular formula is C24H40N2O2. The maximum Gasteiger partial charge on any atom is 0.161 e. The summed E-state index contributed by atoms with van der Waals surface area (Å²) in [5.74, 6) is 1.80. The number of fused-ring (bicyclic) bond motifs is 3. The van der Waals surface area contributed by atoms with Crippen LogP contribution in [0.25, 0.3) is 0 Å². The molecule has 0 radical (unpaired) electrons. The van der Waals surface area contributed by atoms with Gasteiger partial charge in [-0.2, -0.15) is 0 Å². The molecule has 1 aromatic carbocycles. The molecule has 1 saturated heterocycles. The molecule has 3 rings (SSSR count). The lowest BCUT2D eigenvalue weighted by Crippen LogP contribution is -2.55. The fourth-order valence-corrected chi connectivity index (χ4v) is 4.76. The zero-order valence-electron chi connectivity index (χ0n) is 18.9. The average Bonchev–Trinajstić information content (AvgIpc) is 2.64. The third kappa shape index (κ3) is 5.01. The van der Waals surface area contributed by atoms with E-state index in [1.165, 1.54) is 30.4 Å². The molecule has 0 aromatic heterocycles. The van der Waals surface area contributed by atoms with Crippen molar-refractivity contribution in [1.29, 1.82) is 0 Å². The fraction of sp³-hybridized carbons (Fsp3) is 0.750. The van der Waals surface area contributed by atoms with Gasteiger partial charge in [-0.15, -0.1) is 0 Å². The molecule has 28 heavy (non-hydrogen) atoms. The molecule has 2 aliphatic rings. The van der Waals surface area contributed by atoms with Gasteiger partial charge in [-0.3, -0.25) is 4.90 Å². The molecule has 1 aromatic rings. The molecule has 0 saturated carbocycles. The molecule has 0 aliphatic carbocycles. The summed E-state index contributed by atoms with van der Waals surface area (Å²) in [6, 6.07) is 5.60. The van der Waals surface area contributed by atoms with Gasteiger partial charge in [-0.25, -0.2) is 0 Å². The number of hydrogen-bond donors (Lipinski definition) is 0. The lowest BCUT2D eigenvalue weighted by atomic mass is 9.84. The summed E-state index contributed by atoms with van der Waals surface area (Å²) in [4.78, 5) is 5.27. The first-order chi connectivity index (χ1) is 13.3. The molecule has 0 amide bonds. The van der Waals surface area contributed by atoms with Gasteiger partial charge in [0.1, 0.15) is 0 Å². The van der Waals surface area contributed by atoms with Crippen molar-refractivity contribution in [3.8, 4) is 11.5 Å². The van der Waals surface area contributed by atoms with E-state index in [0.717, 1.165) is 50.6 Å². The number of benzene rings is 1. The second kappa shape index (κ2) is 9.04. The predicted molar refractivity (Wildman–Crippen MR) is 117 cm³/mol. The van der Waals surface area contributed by atoms with Gasteiger partial charge in [-0.1, -0.05) is 40.5 Å². The number of piperazine rings is 1. The second-order valence-electron chi connectivity index (χ2n) is 9.88. The maximum atomic E-state index is 6.08. The van der Waals surface area contributed by atoms with E-state index < -0.39 is 0 Å². The molecule has 1 fully saturated rings. The molecular weight excluding hydrogens is 348 g/mol. The zero-order valence-corrected chi connectivity index (χ0v) is 18.9. The summed E-state index contributed by atoms with van der Waals surface area (Å²) < 4.78 is 11.8. The minimum atomic E-state index is 0.368. The monoisotopic (exact) mass is 388 g/mol. The molecule has 2 unspecified atom stereocenters. The lowest BCUT2D eigenvalue weighted by molar-refractivity contribution is 0.0213. The summed E-state index contributed by atoms with van der Waals surface area (Å²) in [7, 11) is 4.05. The van der Waals surface area contributed by atoms with Gasteiger partial charge in [0.15, 0.2) is 11.5 Å². The zero-order chi connectivity index (χ0) is 20.3. The van der Waals surface area contributed by atoms with Crippen molar-refractivity contribution in [2.75, 3.05) is 40.4 Å². The largest absolute Gasteiger partial charge is 0.493 e. The van der Waals surface area contributed by atoms with Crippen LogP contribution in [0.3, 0.4) is 0 Å². The first-order valence-electron chi connectivity index (χ1n) is 11.1. The number of ether oxygens (including phenoxy) is 2. The van der Waals surface area contributed by atoms with Crippen molar-refractivity contribution in [2.45, 2.75) is 71.9 Å². The summed E-state index contributed by atoms with van der Waals surface area (Å²) >= 11 is 0. The van der Waals surface area contributed by atoms with E-state index in [1.807, 2.05) is 0 Å². The Balaban J connectivity index is 1.76. The first-order valence-corrected chi connectivity index (χ1v) is 11.1. The summed E-state index contributed by atoms with van der Waals surface area (Å²) in [5, 5.41) is 0. The van der Waals surface area contributed by atoms with Crippen molar-refractivity contribution in [1.82, 2.24) is 9.80 Å². The Morgan fingerprint density at radius 3 is 2.57 bits per heavy atom. The molecule has 0 N–H and O–H groups in total. The number of hydrogen-bond acceptors (Lipinski definition) is 4. The topological polar surface area (TPSA) is 24.9 Å². The second-order valence-corrected chi connectivity index (χ2v) is 9.88. The van der Waals surface area contributed by atoms with Crippen molar-refractivity contribution in [3.63, 3.8) is 0 Å². The minimum absolute atomic E-state index is 0.368. The van der Waals surface area contributed by atoms with Gasteiger partial charge in [0.05, 0.1) is 13.7 Å². The Bertz CT molecular complexity index is 653. The highest BCUT2D eigenvalue weighted by atomic mass is 16.5. The molecule has 2 heterocycles. The van der Waals surface area contributed by atoms with Crippen LogP contribution in [0.1, 0.15) is 70.5 Å². The van der Waals surface area contributed by atoms with E-state index in [-0.39, 0.29) is 0 Å². The Hall–Kier alpha value is -1.26. The molecule has 2 aliphatic heterocycles. The smallest absolute Gasteiger partial charge is 0.161 e. The van der Waals surface area contributed by atoms with Crippen molar-refractivity contribution in [3.05, 3.63) is 23.3 Å². The Morgan fingerprint density at radius 2 is 1.89 bits per heavy atom. The van der Waals surface area contributed by atoms with Crippen LogP contribution in [0, 0.1) is 5.41 Å². The van der Waals surface area contributed by atoms with Gasteiger partial charge >= 0.3 is 0 Å². The first kappa shape index (κ1) is 21.4. The van der Waals surface area contributed by atoms with Crippen LogP contribution in [0.4, 0.5) is 0 Å². The number of likely N-dealkylation sites (N-methyl/N-ethyl adjacent to an activating group) is 1. The number of methoxy groups -OCH3 is 1. The van der Waals surface area contributed by atoms with Crippen molar-refractivity contribution >= 4 is 0 Å². The Morgan fingerprint density at radius 1 is 1.11 bits per heavy atom. The molecule has 0 spiro atoms. The van der Waals surface area contributed by atoms with Crippen LogP contribution >= 0.6 is 0 Å². The maximum absolute atomic E-state index is 6.08. The van der Waals surface area contributed by atoms with Gasteiger partial charge < -0.3 is 14.4 Å². The van der Waals surface area contributed by atoms with Crippen molar-refractivity contribution in [2.24, 2.45) is 5.41 Å². The van der Waals surface area contributed by atoms with Crippen LogP contribution in [0.2, 0.25) is 0 Å². The van der Waals surface area contributed by atoms with Crippen LogP contribution in [-0.2, 0) is 6.42 Å². The van der Waals surface area contributed by atoms with E-state index in [1.54, 1.807) is 7.11 Å². The van der Waals surface area contributed by atoms with Crippen LogP contribution < -0.4 is 9.47 Å². The van der Waals surface area contributed by atoms with E-state index in [0.29, 0.717) is 17.5 Å². The SMILES string of the molecule is CCCCCOc1cc2c(cc1OC)C1CN(C)C(CC(C)(C)C)CN1CC2. The third-order valence-corrected chi connectivity index (χ3v) is 6.28. The van der Waals surface area contributed by atoms with E-state index >= 15 is 0 Å². The molecule has 4 heteroatoms. The van der Waals surface area contributed by atoms with E-state index in [9.17, 15) is 0 Å². The summed E-state index contributed by atoms with van der Waals surface area (Å²) in [5.41, 5.74) is 3.24. The van der Waals surface area contributed by atoms with Crippen LogP contribution in [0.15, 0.2) is 12.1 Å². The molecule has 158 valence electrons. The third-order valence-electron chi connectivity index (χ3n) is 6.28. The molecule has 4 nitrogen and oxygen atoms in total. The fourth-order valence-electron chi connectivity index (χ4n) is 4.76. The van der Waals surface area contributed by atoms with E-state index in [2.05, 4.69) is 56.7 Å². The van der Waals surface area contributed by atoms with Crippen LogP contribution in [0.5, 0.6) is 11.5 Å². The highest BCUT2D eigenvalue weighted by Gasteiger charge is 2.37.